The van der Waals surface area contributed by atoms with Crippen LogP contribution in [0.4, 0.5) is 5.69 Å². The second kappa shape index (κ2) is 10.8. The predicted molar refractivity (Wildman–Crippen MR) is 149 cm³/mol. The third-order valence-corrected chi connectivity index (χ3v) is 7.02. The van der Waals surface area contributed by atoms with Gasteiger partial charge in [0.2, 0.25) is 11.8 Å². The minimum absolute atomic E-state index is 0.109. The standard InChI is InChI=1S/C30H33N5O4/c1-5-30(3,4)31-29(37)28(21-12-10-20(2)11-13-21)35(22-14-15-25-26(18-22)39-17-16-38-25)27(36)19-34-24-9-7-6-8-23(24)32-33-34/h6-15,18,28H,5,16-17,19H2,1-4H3,(H,31,37). The Morgan fingerprint density at radius 3 is 2.49 bits per heavy atom. The lowest BCUT2D eigenvalue weighted by molar-refractivity contribution is -0.128. The minimum Gasteiger partial charge on any atom is -0.486 e. The van der Waals surface area contributed by atoms with E-state index in [-0.39, 0.29) is 18.4 Å². The lowest BCUT2D eigenvalue weighted by Crippen LogP contribution is -2.51. The van der Waals surface area contributed by atoms with E-state index in [0.29, 0.717) is 41.5 Å². The molecule has 9 heteroatoms. The highest BCUT2D eigenvalue weighted by molar-refractivity contribution is 6.02. The van der Waals surface area contributed by atoms with Gasteiger partial charge in [-0.05, 0) is 57.0 Å². The average molecular weight is 528 g/mol. The highest BCUT2D eigenvalue weighted by Gasteiger charge is 2.36. The number of aryl methyl sites for hydroxylation is 1. The fraction of sp³-hybridized carbons (Fsp3) is 0.333. The molecular weight excluding hydrogens is 494 g/mol. The number of benzene rings is 3. The molecule has 1 atom stereocenters. The van der Waals surface area contributed by atoms with Crippen LogP contribution in [0.25, 0.3) is 11.0 Å². The molecule has 1 unspecified atom stereocenters. The van der Waals surface area contributed by atoms with Crippen LogP contribution in [0.5, 0.6) is 11.5 Å². The van der Waals surface area contributed by atoms with Gasteiger partial charge in [0.25, 0.3) is 0 Å². The van der Waals surface area contributed by atoms with Crippen LogP contribution in [0.15, 0.2) is 66.7 Å². The van der Waals surface area contributed by atoms with E-state index in [4.69, 9.17) is 9.47 Å². The van der Waals surface area contributed by atoms with Gasteiger partial charge >= 0.3 is 0 Å². The van der Waals surface area contributed by atoms with Crippen molar-refractivity contribution >= 4 is 28.5 Å². The number of amides is 2. The number of para-hydroxylation sites is 1. The Balaban J connectivity index is 1.62. The number of hydrogen-bond donors (Lipinski definition) is 1. The zero-order valence-corrected chi connectivity index (χ0v) is 22.7. The molecule has 0 bridgehead atoms. The van der Waals surface area contributed by atoms with Crippen molar-refractivity contribution in [3.05, 3.63) is 77.9 Å². The molecular formula is C30H33N5O4. The van der Waals surface area contributed by atoms with Crippen molar-refractivity contribution in [1.82, 2.24) is 20.3 Å². The Labute approximate surface area is 227 Å². The molecule has 0 fully saturated rings. The molecule has 39 heavy (non-hydrogen) atoms. The Morgan fingerprint density at radius 2 is 1.74 bits per heavy atom. The highest BCUT2D eigenvalue weighted by Crippen LogP contribution is 2.37. The first-order valence-corrected chi connectivity index (χ1v) is 13.1. The molecule has 1 N–H and O–H groups in total. The third-order valence-electron chi connectivity index (χ3n) is 7.02. The lowest BCUT2D eigenvalue weighted by Gasteiger charge is -2.35. The largest absolute Gasteiger partial charge is 0.486 e. The second-order valence-corrected chi connectivity index (χ2v) is 10.4. The van der Waals surface area contributed by atoms with E-state index in [2.05, 4.69) is 15.6 Å². The van der Waals surface area contributed by atoms with Crippen LogP contribution in [-0.2, 0) is 16.1 Å². The van der Waals surface area contributed by atoms with Crippen molar-refractivity contribution in [3.8, 4) is 11.5 Å². The zero-order chi connectivity index (χ0) is 27.6. The number of carbonyl (C=O) groups excluding carboxylic acids is 2. The quantitative estimate of drug-likeness (QED) is 0.360. The van der Waals surface area contributed by atoms with E-state index in [1.54, 1.807) is 22.9 Å². The SMILES string of the molecule is CCC(C)(C)NC(=O)C(c1ccc(C)cc1)N(C(=O)Cn1nnc2ccccc21)c1ccc2c(c1)OCCO2. The summed E-state index contributed by atoms with van der Waals surface area (Å²) in [7, 11) is 0. The van der Waals surface area contributed by atoms with Gasteiger partial charge in [0.1, 0.15) is 31.3 Å². The molecule has 0 spiro atoms. The fourth-order valence-electron chi connectivity index (χ4n) is 4.51. The van der Waals surface area contributed by atoms with Gasteiger partial charge in [-0.2, -0.15) is 0 Å². The summed E-state index contributed by atoms with van der Waals surface area (Å²) < 4.78 is 13.1. The van der Waals surface area contributed by atoms with Crippen molar-refractivity contribution in [3.63, 3.8) is 0 Å². The number of carbonyl (C=O) groups is 2. The van der Waals surface area contributed by atoms with Crippen molar-refractivity contribution in [1.29, 1.82) is 0 Å². The third kappa shape index (κ3) is 5.57. The van der Waals surface area contributed by atoms with E-state index in [1.165, 1.54) is 4.90 Å². The highest BCUT2D eigenvalue weighted by atomic mass is 16.6. The summed E-state index contributed by atoms with van der Waals surface area (Å²) in [5, 5.41) is 11.6. The average Bonchev–Trinajstić information content (AvgIpc) is 3.34. The van der Waals surface area contributed by atoms with E-state index in [9.17, 15) is 9.59 Å². The van der Waals surface area contributed by atoms with Crippen molar-refractivity contribution in [2.75, 3.05) is 18.1 Å². The first-order valence-electron chi connectivity index (χ1n) is 13.1. The van der Waals surface area contributed by atoms with Crippen LogP contribution in [0.3, 0.4) is 0 Å². The summed E-state index contributed by atoms with van der Waals surface area (Å²) in [6.07, 6.45) is 0.724. The van der Waals surface area contributed by atoms with Crippen LogP contribution in [0.1, 0.15) is 44.4 Å². The molecule has 2 heterocycles. The normalized spacial score (nSPS) is 13.6. The molecule has 1 aliphatic heterocycles. The zero-order valence-electron chi connectivity index (χ0n) is 22.7. The molecule has 0 aliphatic carbocycles. The van der Waals surface area contributed by atoms with E-state index in [1.807, 2.05) is 76.2 Å². The van der Waals surface area contributed by atoms with E-state index in [0.717, 1.165) is 17.5 Å². The number of hydrogen-bond acceptors (Lipinski definition) is 6. The van der Waals surface area contributed by atoms with Crippen LogP contribution >= 0.6 is 0 Å². The molecule has 0 saturated heterocycles. The summed E-state index contributed by atoms with van der Waals surface area (Å²) in [5.74, 6) is 0.526. The molecule has 4 aromatic rings. The Bertz CT molecular complexity index is 1500. The minimum atomic E-state index is -0.943. The maximum Gasteiger partial charge on any atom is 0.249 e. The Hall–Kier alpha value is -4.40. The molecule has 3 aromatic carbocycles. The summed E-state index contributed by atoms with van der Waals surface area (Å²) in [6.45, 7) is 8.68. The summed E-state index contributed by atoms with van der Waals surface area (Å²) >= 11 is 0. The van der Waals surface area contributed by atoms with Gasteiger partial charge in [-0.25, -0.2) is 4.68 Å². The monoisotopic (exact) mass is 527 g/mol. The van der Waals surface area contributed by atoms with Crippen molar-refractivity contribution in [2.24, 2.45) is 0 Å². The smallest absolute Gasteiger partial charge is 0.249 e. The van der Waals surface area contributed by atoms with Crippen LogP contribution in [-0.4, -0.2) is 45.6 Å². The van der Waals surface area contributed by atoms with Gasteiger partial charge in [0.05, 0.1) is 5.52 Å². The lowest BCUT2D eigenvalue weighted by atomic mass is 9.97. The Morgan fingerprint density at radius 1 is 1.03 bits per heavy atom. The molecule has 9 nitrogen and oxygen atoms in total. The number of ether oxygens (including phenoxy) is 2. The number of rotatable bonds is 8. The summed E-state index contributed by atoms with van der Waals surface area (Å²) in [4.78, 5) is 29.8. The second-order valence-electron chi connectivity index (χ2n) is 10.4. The van der Waals surface area contributed by atoms with Gasteiger partial charge in [-0.15, -0.1) is 5.10 Å². The van der Waals surface area contributed by atoms with Gasteiger partial charge in [-0.3, -0.25) is 14.5 Å². The molecule has 1 aliphatic rings. The number of nitrogens with one attached hydrogen (secondary N) is 1. The van der Waals surface area contributed by atoms with Crippen molar-refractivity contribution < 1.29 is 19.1 Å². The number of nitrogens with zero attached hydrogens (tertiary/aromatic N) is 4. The van der Waals surface area contributed by atoms with Crippen LogP contribution in [0, 0.1) is 6.92 Å². The summed E-state index contributed by atoms with van der Waals surface area (Å²) in [6, 6.07) is 19.5. The fourth-order valence-corrected chi connectivity index (χ4v) is 4.51. The van der Waals surface area contributed by atoms with E-state index >= 15 is 0 Å². The first kappa shape index (κ1) is 26.2. The van der Waals surface area contributed by atoms with Crippen molar-refractivity contribution in [2.45, 2.75) is 52.2 Å². The van der Waals surface area contributed by atoms with Gasteiger partial charge in [-0.1, -0.05) is 54.1 Å². The maximum absolute atomic E-state index is 14.2. The topological polar surface area (TPSA) is 98.6 Å². The first-order chi connectivity index (χ1) is 18.8. The maximum atomic E-state index is 14.2. The van der Waals surface area contributed by atoms with Gasteiger partial charge in [0.15, 0.2) is 11.5 Å². The van der Waals surface area contributed by atoms with Gasteiger partial charge < -0.3 is 14.8 Å². The molecule has 5 rings (SSSR count). The molecule has 1 aromatic heterocycles. The summed E-state index contributed by atoms with van der Waals surface area (Å²) in [5.41, 5.74) is 3.22. The predicted octanol–water partition coefficient (Wildman–Crippen LogP) is 4.59. The van der Waals surface area contributed by atoms with Gasteiger partial charge in [0, 0.05) is 17.3 Å². The number of anilines is 1. The molecule has 0 radical (unpaired) electrons. The Kier molecular flexibility index (Phi) is 7.24. The van der Waals surface area contributed by atoms with E-state index < -0.39 is 11.6 Å². The molecule has 2 amide bonds. The molecule has 0 saturated carbocycles. The van der Waals surface area contributed by atoms with Crippen LogP contribution < -0.4 is 19.7 Å². The van der Waals surface area contributed by atoms with Crippen LogP contribution in [0.2, 0.25) is 0 Å². The number of aromatic nitrogens is 3. The number of fused-ring (bicyclic) bond motifs is 2. The molecule has 202 valence electrons.